The van der Waals surface area contributed by atoms with Gasteiger partial charge in [0.25, 0.3) is 5.91 Å². The van der Waals surface area contributed by atoms with Crippen molar-refractivity contribution in [3.63, 3.8) is 0 Å². The molecule has 1 aliphatic rings. The summed E-state index contributed by atoms with van der Waals surface area (Å²) in [6.07, 6.45) is 0.801. The molecule has 3 rings (SSSR count). The molecule has 1 aliphatic heterocycles. The summed E-state index contributed by atoms with van der Waals surface area (Å²) in [4.78, 5) is 26.6. The lowest BCUT2D eigenvalue weighted by atomic mass is 10.2. The number of aromatic nitrogens is 2. The van der Waals surface area contributed by atoms with Crippen LogP contribution < -0.4 is 0 Å². The van der Waals surface area contributed by atoms with Gasteiger partial charge in [-0.3, -0.25) is 9.59 Å². The smallest absolute Gasteiger partial charge is 0.274 e. The lowest BCUT2D eigenvalue weighted by molar-refractivity contribution is -0.119. The Hall–Kier alpha value is -2.70. The lowest BCUT2D eigenvalue weighted by Crippen LogP contribution is -2.48. The highest BCUT2D eigenvalue weighted by molar-refractivity contribution is 5.92. The molecular formula is C16H17FN4O2. The summed E-state index contributed by atoms with van der Waals surface area (Å²) in [5.41, 5.74) is 1.85. The van der Waals surface area contributed by atoms with E-state index < -0.39 is 0 Å². The molecule has 1 aromatic heterocycles. The Labute approximate surface area is 133 Å². The molecule has 0 unspecified atom stereocenters. The van der Waals surface area contributed by atoms with Crippen LogP contribution in [0, 0.1) is 12.7 Å². The maximum atomic E-state index is 13.0. The number of amides is 2. The lowest BCUT2D eigenvalue weighted by Gasteiger charge is -2.32. The number of piperazine rings is 1. The second kappa shape index (κ2) is 6.20. The van der Waals surface area contributed by atoms with Gasteiger partial charge in [-0.15, -0.1) is 0 Å². The number of aryl methyl sites for hydroxylation is 1. The predicted molar refractivity (Wildman–Crippen MR) is 81.8 cm³/mol. The Balaban J connectivity index is 1.79. The third-order valence-corrected chi connectivity index (χ3v) is 3.93. The van der Waals surface area contributed by atoms with Crippen molar-refractivity contribution < 1.29 is 14.0 Å². The minimum absolute atomic E-state index is 0.153. The number of hydrogen-bond acceptors (Lipinski definition) is 3. The van der Waals surface area contributed by atoms with E-state index in [1.807, 2.05) is 6.92 Å². The van der Waals surface area contributed by atoms with Gasteiger partial charge in [-0.2, -0.15) is 5.10 Å². The zero-order valence-electron chi connectivity index (χ0n) is 12.8. The summed E-state index contributed by atoms with van der Waals surface area (Å²) >= 11 is 0. The molecule has 0 spiro atoms. The Bertz CT molecular complexity index is 718. The number of nitrogens with zero attached hydrogens (tertiary/aromatic N) is 4. The molecule has 1 aromatic carbocycles. The maximum absolute atomic E-state index is 13.0. The van der Waals surface area contributed by atoms with Gasteiger partial charge in [0.05, 0.1) is 5.69 Å². The van der Waals surface area contributed by atoms with Gasteiger partial charge in [-0.05, 0) is 37.3 Å². The van der Waals surface area contributed by atoms with Gasteiger partial charge in [0.1, 0.15) is 5.82 Å². The van der Waals surface area contributed by atoms with Gasteiger partial charge < -0.3 is 9.80 Å². The van der Waals surface area contributed by atoms with Crippen LogP contribution in [-0.2, 0) is 4.79 Å². The second-order valence-corrected chi connectivity index (χ2v) is 5.49. The molecule has 0 bridgehead atoms. The minimum Gasteiger partial charge on any atom is -0.342 e. The highest BCUT2D eigenvalue weighted by atomic mass is 19.1. The molecule has 0 saturated carbocycles. The van der Waals surface area contributed by atoms with Crippen molar-refractivity contribution in [1.82, 2.24) is 19.6 Å². The van der Waals surface area contributed by atoms with Crippen LogP contribution in [0.25, 0.3) is 5.69 Å². The Morgan fingerprint density at radius 3 is 2.43 bits per heavy atom. The Kier molecular flexibility index (Phi) is 4.10. The molecule has 23 heavy (non-hydrogen) atoms. The topological polar surface area (TPSA) is 58.4 Å². The van der Waals surface area contributed by atoms with Gasteiger partial charge in [0.2, 0.25) is 6.41 Å². The number of halogens is 1. The fourth-order valence-electron chi connectivity index (χ4n) is 2.62. The predicted octanol–water partition coefficient (Wildman–Crippen LogP) is 1.23. The number of hydrogen-bond donors (Lipinski definition) is 0. The Morgan fingerprint density at radius 2 is 1.83 bits per heavy atom. The second-order valence-electron chi connectivity index (χ2n) is 5.49. The van der Waals surface area contributed by atoms with Crippen molar-refractivity contribution in [3.05, 3.63) is 47.5 Å². The highest BCUT2D eigenvalue weighted by Crippen LogP contribution is 2.15. The van der Waals surface area contributed by atoms with Crippen LogP contribution in [0.1, 0.15) is 16.2 Å². The molecule has 0 aliphatic carbocycles. The first-order chi connectivity index (χ1) is 11.1. The Morgan fingerprint density at radius 1 is 1.17 bits per heavy atom. The van der Waals surface area contributed by atoms with Crippen molar-refractivity contribution in [3.8, 4) is 5.69 Å². The van der Waals surface area contributed by atoms with Crippen LogP contribution in [0.15, 0.2) is 30.3 Å². The first kappa shape index (κ1) is 15.2. The fraction of sp³-hybridized carbons (Fsp3) is 0.312. The minimum atomic E-state index is -0.317. The highest BCUT2D eigenvalue weighted by Gasteiger charge is 2.23. The number of rotatable bonds is 3. The van der Waals surface area contributed by atoms with Crippen molar-refractivity contribution in [1.29, 1.82) is 0 Å². The van der Waals surface area contributed by atoms with Crippen LogP contribution in [0.2, 0.25) is 0 Å². The summed E-state index contributed by atoms with van der Waals surface area (Å²) < 4.78 is 14.6. The van der Waals surface area contributed by atoms with Gasteiger partial charge in [-0.1, -0.05) is 0 Å². The average Bonchev–Trinajstić information content (AvgIpc) is 2.97. The van der Waals surface area contributed by atoms with Crippen LogP contribution in [-0.4, -0.2) is 58.1 Å². The SMILES string of the molecule is Cc1cc(C(=O)N2CCN(C=O)CC2)nn1-c1ccc(F)cc1. The van der Waals surface area contributed by atoms with Crippen LogP contribution >= 0.6 is 0 Å². The average molecular weight is 316 g/mol. The van der Waals surface area contributed by atoms with Crippen molar-refractivity contribution >= 4 is 12.3 Å². The molecule has 2 heterocycles. The van der Waals surface area contributed by atoms with Gasteiger partial charge in [0.15, 0.2) is 5.69 Å². The molecule has 0 atom stereocenters. The summed E-state index contributed by atoms with van der Waals surface area (Å²) in [6, 6.07) is 7.67. The van der Waals surface area contributed by atoms with E-state index in [1.54, 1.807) is 32.7 Å². The van der Waals surface area contributed by atoms with E-state index in [0.29, 0.717) is 37.6 Å². The maximum Gasteiger partial charge on any atom is 0.274 e. The monoisotopic (exact) mass is 316 g/mol. The van der Waals surface area contributed by atoms with Crippen molar-refractivity contribution in [2.24, 2.45) is 0 Å². The first-order valence-corrected chi connectivity index (χ1v) is 7.40. The summed E-state index contributed by atoms with van der Waals surface area (Å²) in [7, 11) is 0. The van der Waals surface area contributed by atoms with E-state index in [1.165, 1.54) is 12.1 Å². The molecule has 6 nitrogen and oxygen atoms in total. The molecule has 0 radical (unpaired) electrons. The first-order valence-electron chi connectivity index (χ1n) is 7.40. The van der Waals surface area contributed by atoms with Gasteiger partial charge in [0, 0.05) is 31.9 Å². The summed E-state index contributed by atoms with van der Waals surface area (Å²) in [5.74, 6) is -0.470. The zero-order valence-corrected chi connectivity index (χ0v) is 12.8. The molecular weight excluding hydrogens is 299 g/mol. The molecule has 2 aromatic rings. The largest absolute Gasteiger partial charge is 0.342 e. The summed E-state index contributed by atoms with van der Waals surface area (Å²) in [6.45, 7) is 3.91. The molecule has 1 fully saturated rings. The third kappa shape index (κ3) is 3.08. The standard InChI is InChI=1S/C16H17FN4O2/c1-12-10-15(16(23)20-8-6-19(11-22)7-9-20)18-21(12)14-4-2-13(17)3-5-14/h2-5,10-11H,6-9H2,1H3. The van der Waals surface area contributed by atoms with E-state index in [-0.39, 0.29) is 11.7 Å². The van der Waals surface area contributed by atoms with E-state index in [0.717, 1.165) is 12.1 Å². The molecule has 2 amide bonds. The van der Waals surface area contributed by atoms with Gasteiger partial charge >= 0.3 is 0 Å². The number of carbonyl (C=O) groups is 2. The summed E-state index contributed by atoms with van der Waals surface area (Å²) in [5, 5.41) is 4.34. The van der Waals surface area contributed by atoms with E-state index in [2.05, 4.69) is 5.10 Å². The third-order valence-electron chi connectivity index (χ3n) is 3.93. The van der Waals surface area contributed by atoms with Crippen molar-refractivity contribution in [2.75, 3.05) is 26.2 Å². The van der Waals surface area contributed by atoms with E-state index in [4.69, 9.17) is 0 Å². The number of carbonyl (C=O) groups excluding carboxylic acids is 2. The molecule has 1 saturated heterocycles. The van der Waals surface area contributed by atoms with Crippen molar-refractivity contribution in [2.45, 2.75) is 6.92 Å². The quantitative estimate of drug-likeness (QED) is 0.801. The molecule has 0 N–H and O–H groups in total. The molecule has 120 valence electrons. The van der Waals surface area contributed by atoms with Crippen LogP contribution in [0.5, 0.6) is 0 Å². The zero-order chi connectivity index (χ0) is 16.4. The van der Waals surface area contributed by atoms with E-state index in [9.17, 15) is 14.0 Å². The molecule has 7 heteroatoms. The number of benzene rings is 1. The van der Waals surface area contributed by atoms with Crippen LogP contribution in [0.4, 0.5) is 4.39 Å². The normalized spacial score (nSPS) is 14.9. The van der Waals surface area contributed by atoms with Crippen LogP contribution in [0.3, 0.4) is 0 Å². The fourth-order valence-corrected chi connectivity index (χ4v) is 2.62. The van der Waals surface area contributed by atoms with Gasteiger partial charge in [-0.25, -0.2) is 9.07 Å². The van der Waals surface area contributed by atoms with E-state index >= 15 is 0 Å².